The van der Waals surface area contributed by atoms with Crippen molar-refractivity contribution in [1.29, 1.82) is 0 Å². The number of carbonyl (C=O) groups excluding carboxylic acids is 1. The van der Waals surface area contributed by atoms with E-state index in [-0.39, 0.29) is 18.9 Å². The predicted octanol–water partition coefficient (Wildman–Crippen LogP) is 2.70. The number of nitrogens with one attached hydrogen (secondary N) is 1. The van der Waals surface area contributed by atoms with Crippen LogP contribution in [0.5, 0.6) is 0 Å². The number of aromatic nitrogens is 1. The fourth-order valence-corrected chi connectivity index (χ4v) is 3.47. The van der Waals surface area contributed by atoms with Crippen LogP contribution in [0.1, 0.15) is 43.0 Å². The summed E-state index contributed by atoms with van der Waals surface area (Å²) in [7, 11) is 0. The lowest BCUT2D eigenvalue weighted by Gasteiger charge is -2.36. The maximum atomic E-state index is 13.4. The number of aryl methyl sites for hydroxylation is 2. The van der Waals surface area contributed by atoms with Gasteiger partial charge in [-0.2, -0.15) is 0 Å². The van der Waals surface area contributed by atoms with Crippen molar-refractivity contribution in [2.45, 2.75) is 58.0 Å². The lowest BCUT2D eigenvalue weighted by Crippen LogP contribution is -2.54. The Labute approximate surface area is 146 Å². The first-order chi connectivity index (χ1) is 11.8. The van der Waals surface area contributed by atoms with Crippen LogP contribution in [0.4, 0.5) is 13.6 Å². The van der Waals surface area contributed by atoms with E-state index in [0.717, 1.165) is 11.5 Å². The SMILES string of the molecule is Cc1nc(CN2CCN(C(=O)NC3CCCC(F)(F)C3)CC2)oc1C. The molecule has 2 aliphatic rings. The minimum atomic E-state index is -2.65. The molecule has 1 N–H and O–H groups in total. The fraction of sp³-hybridized carbons (Fsp3) is 0.765. The Bertz CT molecular complexity index is 592. The Morgan fingerprint density at radius 1 is 1.32 bits per heavy atom. The fourth-order valence-electron chi connectivity index (χ4n) is 3.47. The zero-order chi connectivity index (χ0) is 18.0. The molecule has 0 radical (unpaired) electrons. The minimum absolute atomic E-state index is 0.0716. The Kier molecular flexibility index (Phi) is 5.27. The molecule has 1 saturated carbocycles. The lowest BCUT2D eigenvalue weighted by atomic mass is 9.92. The highest BCUT2D eigenvalue weighted by molar-refractivity contribution is 5.74. The van der Waals surface area contributed by atoms with E-state index in [1.807, 2.05) is 13.8 Å². The van der Waals surface area contributed by atoms with E-state index in [1.165, 1.54) is 0 Å². The van der Waals surface area contributed by atoms with Gasteiger partial charge in [0.05, 0.1) is 12.2 Å². The number of oxazole rings is 1. The van der Waals surface area contributed by atoms with Crippen molar-refractivity contribution >= 4 is 6.03 Å². The highest BCUT2D eigenvalue weighted by atomic mass is 19.3. The Hall–Kier alpha value is -1.70. The third kappa shape index (κ3) is 4.68. The van der Waals surface area contributed by atoms with Crippen LogP contribution in [0.3, 0.4) is 0 Å². The summed E-state index contributed by atoms with van der Waals surface area (Å²) >= 11 is 0. The largest absolute Gasteiger partial charge is 0.444 e. The summed E-state index contributed by atoms with van der Waals surface area (Å²) in [6.45, 7) is 7.02. The number of hydrogen-bond donors (Lipinski definition) is 1. The summed E-state index contributed by atoms with van der Waals surface area (Å²) in [6.07, 6.45) is 0.768. The molecule has 8 heteroatoms. The zero-order valence-corrected chi connectivity index (χ0v) is 14.9. The quantitative estimate of drug-likeness (QED) is 0.905. The predicted molar refractivity (Wildman–Crippen MR) is 88.6 cm³/mol. The molecule has 25 heavy (non-hydrogen) atoms. The summed E-state index contributed by atoms with van der Waals surface area (Å²) in [5, 5.41) is 2.78. The normalized spacial score (nSPS) is 24.3. The van der Waals surface area contributed by atoms with Crippen LogP contribution < -0.4 is 5.32 Å². The van der Waals surface area contributed by atoms with Crippen molar-refractivity contribution < 1.29 is 18.0 Å². The summed E-state index contributed by atoms with van der Waals surface area (Å²) in [5.74, 6) is -1.13. The number of carbonyl (C=O) groups is 1. The van der Waals surface area contributed by atoms with Gasteiger partial charge in [-0.25, -0.2) is 18.6 Å². The van der Waals surface area contributed by atoms with Gasteiger partial charge >= 0.3 is 6.03 Å². The van der Waals surface area contributed by atoms with Crippen molar-refractivity contribution in [3.63, 3.8) is 0 Å². The lowest BCUT2D eigenvalue weighted by molar-refractivity contribution is -0.0430. The summed E-state index contributed by atoms with van der Waals surface area (Å²) < 4.78 is 32.5. The number of halogens is 2. The first-order valence-corrected chi connectivity index (χ1v) is 8.91. The summed E-state index contributed by atoms with van der Waals surface area (Å²) in [5.41, 5.74) is 0.900. The molecular weight excluding hydrogens is 330 g/mol. The first kappa shape index (κ1) is 18.1. The maximum Gasteiger partial charge on any atom is 0.317 e. The van der Waals surface area contributed by atoms with Crippen molar-refractivity contribution in [2.24, 2.45) is 0 Å². The topological polar surface area (TPSA) is 61.6 Å². The van der Waals surface area contributed by atoms with Crippen LogP contribution in [-0.4, -0.2) is 59.0 Å². The molecule has 1 atom stereocenters. The van der Waals surface area contributed by atoms with Gasteiger partial charge < -0.3 is 14.6 Å². The second kappa shape index (κ2) is 7.27. The van der Waals surface area contributed by atoms with Crippen LogP contribution >= 0.6 is 0 Å². The minimum Gasteiger partial charge on any atom is -0.444 e. The van der Waals surface area contributed by atoms with Crippen LogP contribution in [-0.2, 0) is 6.54 Å². The molecule has 6 nitrogen and oxygen atoms in total. The standard InChI is InChI=1S/C17H26F2N4O2/c1-12-13(2)25-15(20-12)11-22-6-8-23(9-7-22)16(24)21-14-4-3-5-17(18,19)10-14/h14H,3-11H2,1-2H3,(H,21,24). The van der Waals surface area contributed by atoms with Crippen LogP contribution in [0.15, 0.2) is 4.42 Å². The van der Waals surface area contributed by atoms with Crippen molar-refractivity contribution in [3.05, 3.63) is 17.3 Å². The molecule has 0 spiro atoms. The molecule has 1 aromatic heterocycles. The van der Waals surface area contributed by atoms with Gasteiger partial charge in [-0.05, 0) is 26.7 Å². The zero-order valence-electron chi connectivity index (χ0n) is 14.9. The van der Waals surface area contributed by atoms with E-state index in [2.05, 4.69) is 15.2 Å². The molecular formula is C17H26F2N4O2. The average Bonchev–Trinajstić information content (AvgIpc) is 2.85. The third-order valence-corrected chi connectivity index (χ3v) is 5.06. The van der Waals surface area contributed by atoms with Crippen LogP contribution in [0.25, 0.3) is 0 Å². The highest BCUT2D eigenvalue weighted by Gasteiger charge is 2.37. The van der Waals surface area contributed by atoms with E-state index < -0.39 is 12.0 Å². The highest BCUT2D eigenvalue weighted by Crippen LogP contribution is 2.33. The van der Waals surface area contributed by atoms with Gasteiger partial charge in [0, 0.05) is 45.1 Å². The smallest absolute Gasteiger partial charge is 0.317 e. The van der Waals surface area contributed by atoms with Gasteiger partial charge in [0.2, 0.25) is 11.8 Å². The molecule has 1 saturated heterocycles. The van der Waals surface area contributed by atoms with Gasteiger partial charge in [-0.15, -0.1) is 0 Å². The van der Waals surface area contributed by atoms with Crippen molar-refractivity contribution in [2.75, 3.05) is 26.2 Å². The average molecular weight is 356 g/mol. The monoisotopic (exact) mass is 356 g/mol. The number of nitrogens with zero attached hydrogens (tertiary/aromatic N) is 3. The van der Waals surface area contributed by atoms with Gasteiger partial charge in [0.15, 0.2) is 0 Å². The van der Waals surface area contributed by atoms with Gasteiger partial charge in [0.1, 0.15) is 5.76 Å². The van der Waals surface area contributed by atoms with E-state index in [4.69, 9.17) is 4.42 Å². The molecule has 3 rings (SSSR count). The molecule has 2 amide bonds. The number of rotatable bonds is 3. The number of urea groups is 1. The summed E-state index contributed by atoms with van der Waals surface area (Å²) in [4.78, 5) is 20.6. The number of hydrogen-bond acceptors (Lipinski definition) is 4. The number of piperazine rings is 1. The van der Waals surface area contributed by atoms with Gasteiger partial charge in [-0.3, -0.25) is 4.90 Å². The summed E-state index contributed by atoms with van der Waals surface area (Å²) in [6, 6.07) is -0.655. The van der Waals surface area contributed by atoms with E-state index >= 15 is 0 Å². The molecule has 2 heterocycles. The number of alkyl halides is 2. The Morgan fingerprint density at radius 2 is 2.04 bits per heavy atom. The molecule has 0 aromatic carbocycles. The molecule has 0 bridgehead atoms. The second-order valence-electron chi connectivity index (χ2n) is 7.11. The van der Waals surface area contributed by atoms with Crippen LogP contribution in [0, 0.1) is 13.8 Å². The Balaban J connectivity index is 1.44. The molecule has 1 aromatic rings. The molecule has 1 unspecified atom stereocenters. The van der Waals surface area contributed by atoms with Crippen molar-refractivity contribution in [1.82, 2.24) is 20.1 Å². The molecule has 2 fully saturated rings. The first-order valence-electron chi connectivity index (χ1n) is 8.91. The van der Waals surface area contributed by atoms with Crippen molar-refractivity contribution in [3.8, 4) is 0 Å². The number of amides is 2. The van der Waals surface area contributed by atoms with Gasteiger partial charge in [0.25, 0.3) is 0 Å². The molecule has 140 valence electrons. The Morgan fingerprint density at radius 3 is 2.64 bits per heavy atom. The maximum absolute atomic E-state index is 13.4. The van der Waals surface area contributed by atoms with E-state index in [1.54, 1.807) is 4.90 Å². The van der Waals surface area contributed by atoms with E-state index in [0.29, 0.717) is 51.5 Å². The van der Waals surface area contributed by atoms with E-state index in [9.17, 15) is 13.6 Å². The molecule has 1 aliphatic carbocycles. The third-order valence-electron chi connectivity index (χ3n) is 5.06. The van der Waals surface area contributed by atoms with Gasteiger partial charge in [-0.1, -0.05) is 0 Å². The molecule has 1 aliphatic heterocycles. The van der Waals surface area contributed by atoms with Crippen LogP contribution in [0.2, 0.25) is 0 Å². The second-order valence-corrected chi connectivity index (χ2v) is 7.11.